The lowest BCUT2D eigenvalue weighted by atomic mass is 9.60. The van der Waals surface area contributed by atoms with Crippen LogP contribution in [0.25, 0.3) is 11.1 Å². The molecule has 0 radical (unpaired) electrons. The fourth-order valence-electron chi connectivity index (χ4n) is 7.85. The first-order chi connectivity index (χ1) is 15.9. The molecule has 154 valence electrons. The van der Waals surface area contributed by atoms with Crippen molar-refractivity contribution in [2.75, 3.05) is 0 Å². The summed E-state index contributed by atoms with van der Waals surface area (Å²) in [6.07, 6.45) is 5.16. The van der Waals surface area contributed by atoms with Gasteiger partial charge >= 0.3 is 0 Å². The molecule has 4 bridgehead atoms. The zero-order chi connectivity index (χ0) is 20.8. The second-order valence-corrected chi connectivity index (χ2v) is 10.2. The summed E-state index contributed by atoms with van der Waals surface area (Å²) < 4.78 is 0. The van der Waals surface area contributed by atoms with Crippen LogP contribution in [-0.2, 0) is 0 Å². The molecule has 32 heavy (non-hydrogen) atoms. The maximum Gasteiger partial charge on any atom is 0.0102 e. The average molecular weight is 411 g/mol. The van der Waals surface area contributed by atoms with Crippen molar-refractivity contribution in [3.63, 3.8) is 0 Å². The Kier molecular flexibility index (Phi) is 3.39. The first-order valence-electron chi connectivity index (χ1n) is 12.3. The number of benzene rings is 4. The Balaban J connectivity index is 1.38. The molecular weight excluding hydrogens is 384 g/mol. The van der Waals surface area contributed by atoms with E-state index in [1.54, 1.807) is 44.5 Å². The van der Waals surface area contributed by atoms with Crippen LogP contribution in [0.5, 0.6) is 0 Å². The Hall–Kier alpha value is -3.12. The van der Waals surface area contributed by atoms with Crippen molar-refractivity contribution in [3.8, 4) is 11.1 Å². The summed E-state index contributed by atoms with van der Waals surface area (Å²) in [7, 11) is 0. The largest absolute Gasteiger partial charge is 0.0620 e. The summed E-state index contributed by atoms with van der Waals surface area (Å²) in [4.78, 5) is 0. The van der Waals surface area contributed by atoms with Gasteiger partial charge in [-0.2, -0.15) is 0 Å². The quantitative estimate of drug-likeness (QED) is 0.297. The van der Waals surface area contributed by atoms with Gasteiger partial charge in [-0.1, -0.05) is 84.9 Å². The maximum absolute atomic E-state index is 2.42. The highest BCUT2D eigenvalue weighted by Crippen LogP contribution is 2.58. The van der Waals surface area contributed by atoms with E-state index in [4.69, 9.17) is 0 Å². The summed E-state index contributed by atoms with van der Waals surface area (Å²) in [5.74, 6) is 2.24. The summed E-state index contributed by atoms with van der Waals surface area (Å²) in [6.45, 7) is 0. The average Bonchev–Trinajstić information content (AvgIpc) is 2.89. The predicted octanol–water partition coefficient (Wildman–Crippen LogP) is 8.10. The molecule has 0 saturated heterocycles. The molecule has 10 rings (SSSR count). The molecule has 0 aromatic heterocycles. The van der Waals surface area contributed by atoms with Crippen molar-refractivity contribution in [1.82, 2.24) is 0 Å². The van der Waals surface area contributed by atoms with Gasteiger partial charge in [0, 0.05) is 23.7 Å². The van der Waals surface area contributed by atoms with Gasteiger partial charge in [-0.3, -0.25) is 0 Å². The minimum absolute atomic E-state index is 0.548. The summed E-state index contributed by atoms with van der Waals surface area (Å²) in [6, 6.07) is 32.8. The van der Waals surface area contributed by atoms with E-state index in [1.807, 2.05) is 0 Å². The first kappa shape index (κ1) is 17.4. The third kappa shape index (κ3) is 2.09. The molecule has 0 nitrogen and oxygen atoms in total. The molecule has 6 aliphatic carbocycles. The van der Waals surface area contributed by atoms with Gasteiger partial charge in [-0.25, -0.2) is 0 Å². The van der Waals surface area contributed by atoms with E-state index >= 15 is 0 Å². The molecule has 4 unspecified atom stereocenters. The second kappa shape index (κ2) is 6.23. The lowest BCUT2D eigenvalue weighted by molar-refractivity contribution is 0.516. The van der Waals surface area contributed by atoms with Crippen molar-refractivity contribution in [1.29, 1.82) is 0 Å². The van der Waals surface area contributed by atoms with Crippen LogP contribution in [-0.4, -0.2) is 0 Å². The second-order valence-electron chi connectivity index (χ2n) is 10.2. The fourth-order valence-corrected chi connectivity index (χ4v) is 7.85. The van der Waals surface area contributed by atoms with Crippen molar-refractivity contribution >= 4 is 0 Å². The van der Waals surface area contributed by atoms with Gasteiger partial charge in [0.2, 0.25) is 0 Å². The highest BCUT2D eigenvalue weighted by Gasteiger charge is 2.41. The Morgan fingerprint density at radius 3 is 1.12 bits per heavy atom. The van der Waals surface area contributed by atoms with Crippen molar-refractivity contribution in [2.24, 2.45) is 0 Å². The molecular formula is C32H26. The third-order valence-corrected chi connectivity index (χ3v) is 9.00. The zero-order valence-corrected chi connectivity index (χ0v) is 18.2. The van der Waals surface area contributed by atoms with Crippen LogP contribution >= 0.6 is 0 Å². The monoisotopic (exact) mass is 410 g/mol. The Morgan fingerprint density at radius 1 is 0.344 bits per heavy atom. The summed E-state index contributed by atoms with van der Waals surface area (Å²) in [5, 5.41) is 0. The normalized spacial score (nSPS) is 25.6. The molecule has 4 aromatic carbocycles. The minimum Gasteiger partial charge on any atom is -0.0620 e. The third-order valence-electron chi connectivity index (χ3n) is 9.00. The molecule has 0 spiro atoms. The number of hydrogen-bond acceptors (Lipinski definition) is 0. The molecule has 0 saturated carbocycles. The van der Waals surface area contributed by atoms with E-state index in [1.165, 1.54) is 36.8 Å². The van der Waals surface area contributed by atoms with Crippen LogP contribution in [0.3, 0.4) is 0 Å². The van der Waals surface area contributed by atoms with E-state index in [0.29, 0.717) is 23.7 Å². The van der Waals surface area contributed by atoms with Crippen LogP contribution < -0.4 is 0 Å². The molecule has 4 atom stereocenters. The smallest absolute Gasteiger partial charge is 0.0102 e. The zero-order valence-electron chi connectivity index (χ0n) is 18.2. The number of fused-ring (bicyclic) bond motifs is 2. The minimum atomic E-state index is 0.548. The highest BCUT2D eigenvalue weighted by molar-refractivity contribution is 5.79. The van der Waals surface area contributed by atoms with Gasteiger partial charge in [0.25, 0.3) is 0 Å². The van der Waals surface area contributed by atoms with E-state index in [9.17, 15) is 0 Å². The van der Waals surface area contributed by atoms with Crippen LogP contribution in [0.2, 0.25) is 0 Å². The van der Waals surface area contributed by atoms with Gasteiger partial charge in [-0.15, -0.1) is 0 Å². The van der Waals surface area contributed by atoms with Crippen LogP contribution in [0.1, 0.15) is 93.9 Å². The highest BCUT2D eigenvalue weighted by atomic mass is 14.4. The van der Waals surface area contributed by atoms with Crippen molar-refractivity contribution < 1.29 is 0 Å². The molecule has 0 N–H and O–H groups in total. The van der Waals surface area contributed by atoms with Crippen LogP contribution in [0.4, 0.5) is 0 Å². The summed E-state index contributed by atoms with van der Waals surface area (Å²) in [5.41, 5.74) is 15.8. The molecule has 0 heteroatoms. The summed E-state index contributed by atoms with van der Waals surface area (Å²) >= 11 is 0. The van der Waals surface area contributed by atoms with Crippen molar-refractivity contribution in [3.05, 3.63) is 129 Å². The van der Waals surface area contributed by atoms with E-state index in [-0.39, 0.29) is 0 Å². The molecule has 0 heterocycles. The van der Waals surface area contributed by atoms with E-state index in [0.717, 1.165) is 0 Å². The van der Waals surface area contributed by atoms with E-state index in [2.05, 4.69) is 84.9 Å². The molecule has 0 aliphatic heterocycles. The van der Waals surface area contributed by atoms with Gasteiger partial charge in [0.05, 0.1) is 0 Å². The van der Waals surface area contributed by atoms with Gasteiger partial charge in [-0.05, 0) is 81.3 Å². The maximum atomic E-state index is 2.42. The molecule has 0 amide bonds. The molecule has 6 aliphatic rings. The van der Waals surface area contributed by atoms with Gasteiger partial charge in [0.15, 0.2) is 0 Å². The first-order valence-corrected chi connectivity index (χ1v) is 12.3. The number of hydrogen-bond donors (Lipinski definition) is 0. The molecule has 4 aromatic rings. The standard InChI is InChI=1S/C32H26/c1-3-9-21-19(7-1)23-15-17-29(21)31-25(23)11-5-13-27(31)28-14-6-12-26-24-16-18-30(32(26)28)22-10-4-2-8-20(22)24/h1-14,23-24,29-30H,15-18H2. The lowest BCUT2D eigenvalue weighted by Gasteiger charge is -2.44. The predicted molar refractivity (Wildman–Crippen MR) is 131 cm³/mol. The van der Waals surface area contributed by atoms with E-state index < -0.39 is 0 Å². The van der Waals surface area contributed by atoms with Crippen molar-refractivity contribution in [2.45, 2.75) is 49.4 Å². The van der Waals surface area contributed by atoms with Gasteiger partial charge in [0.1, 0.15) is 0 Å². The SMILES string of the molecule is c1ccc2c(c1)C1CCC2c2c(-c3cccc4c3C3CCC4c4ccccc43)cccc21. The topological polar surface area (TPSA) is 0 Å². The Morgan fingerprint density at radius 2 is 0.688 bits per heavy atom. The van der Waals surface area contributed by atoms with Crippen LogP contribution in [0, 0.1) is 0 Å². The molecule has 0 fully saturated rings. The Bertz CT molecular complexity index is 1300. The fraction of sp³-hybridized carbons (Fsp3) is 0.250. The van der Waals surface area contributed by atoms with Gasteiger partial charge < -0.3 is 0 Å². The van der Waals surface area contributed by atoms with Crippen LogP contribution in [0.15, 0.2) is 84.9 Å². The Labute approximate surface area is 189 Å². The number of rotatable bonds is 1. The lowest BCUT2D eigenvalue weighted by Crippen LogP contribution is -2.27.